The van der Waals surface area contributed by atoms with Gasteiger partial charge in [-0.1, -0.05) is 37.3 Å². The molecule has 3 aromatic carbocycles. The Kier molecular flexibility index (Phi) is 6.98. The zero-order valence-corrected chi connectivity index (χ0v) is 24.3. The second-order valence-corrected chi connectivity index (χ2v) is 12.0. The second kappa shape index (κ2) is 10.4. The second-order valence-electron chi connectivity index (χ2n) is 12.0. The van der Waals surface area contributed by atoms with Crippen molar-refractivity contribution in [3.63, 3.8) is 0 Å². The third-order valence-electron chi connectivity index (χ3n) is 9.47. The smallest absolute Gasteiger partial charge is 0.250 e. The molecule has 9 heteroatoms. The van der Waals surface area contributed by atoms with Crippen molar-refractivity contribution in [2.24, 2.45) is 17.8 Å². The van der Waals surface area contributed by atoms with E-state index in [1.165, 1.54) is 4.90 Å². The summed E-state index contributed by atoms with van der Waals surface area (Å²) in [5.74, 6) is -2.19. The van der Waals surface area contributed by atoms with Crippen LogP contribution in [0.5, 0.6) is 5.75 Å². The van der Waals surface area contributed by atoms with Gasteiger partial charge >= 0.3 is 0 Å². The van der Waals surface area contributed by atoms with Gasteiger partial charge in [-0.3, -0.25) is 14.4 Å². The third-order valence-corrected chi connectivity index (χ3v) is 9.47. The van der Waals surface area contributed by atoms with Gasteiger partial charge in [0.1, 0.15) is 17.4 Å². The molecule has 6 rings (SSSR count). The van der Waals surface area contributed by atoms with Gasteiger partial charge in [-0.25, -0.2) is 0 Å². The Hall–Kier alpha value is -3.95. The summed E-state index contributed by atoms with van der Waals surface area (Å²) in [5, 5.41) is 18.1. The van der Waals surface area contributed by atoms with Crippen LogP contribution < -0.4 is 15.4 Å². The zero-order chi connectivity index (χ0) is 29.8. The highest BCUT2D eigenvalue weighted by Crippen LogP contribution is 2.65. The van der Waals surface area contributed by atoms with Gasteiger partial charge in [0.05, 0.1) is 36.7 Å². The van der Waals surface area contributed by atoms with E-state index in [9.17, 15) is 19.5 Å². The summed E-state index contributed by atoms with van der Waals surface area (Å²) in [6.45, 7) is 7.69. The van der Waals surface area contributed by atoms with E-state index in [-0.39, 0.29) is 24.3 Å². The molecule has 3 heterocycles. The number of likely N-dealkylation sites (tertiary alicyclic amines) is 1. The van der Waals surface area contributed by atoms with Crippen LogP contribution in [-0.4, -0.2) is 64.2 Å². The van der Waals surface area contributed by atoms with Gasteiger partial charge in [0.25, 0.3) is 0 Å². The van der Waals surface area contributed by atoms with Gasteiger partial charge < -0.3 is 30.1 Å². The molecule has 42 heavy (non-hydrogen) atoms. The quantitative estimate of drug-likeness (QED) is 0.373. The highest BCUT2D eigenvalue weighted by molar-refractivity contribution is 6.06. The van der Waals surface area contributed by atoms with E-state index in [1.54, 1.807) is 31.2 Å². The van der Waals surface area contributed by atoms with Gasteiger partial charge in [-0.15, -0.1) is 0 Å². The molecule has 0 aliphatic carbocycles. The number of aliphatic hydroxyl groups excluding tert-OH is 1. The van der Waals surface area contributed by atoms with Crippen LogP contribution in [0.4, 0.5) is 11.4 Å². The largest absolute Gasteiger partial charge is 0.494 e. The van der Waals surface area contributed by atoms with Gasteiger partial charge in [-0.2, -0.15) is 0 Å². The monoisotopic (exact) mass is 571 g/mol. The summed E-state index contributed by atoms with van der Waals surface area (Å²) in [4.78, 5) is 43.7. The molecule has 3 N–H and O–H groups in total. The molecule has 3 fully saturated rings. The SMILES string of the molecule is CCOc1ccc(NC(=O)[C@H]2[C@H]3C(=O)N([C@H](C)CO)C(C(=O)Nc4ccc5ccccc5c4)C34CC(C)[C@]2(C)O4)cc1. The molecule has 9 nitrogen and oxygen atoms in total. The number of aliphatic hydroxyl groups is 1. The van der Waals surface area contributed by atoms with E-state index >= 15 is 0 Å². The molecular weight excluding hydrogens is 534 g/mol. The van der Waals surface area contributed by atoms with E-state index < -0.39 is 41.0 Å². The van der Waals surface area contributed by atoms with E-state index in [2.05, 4.69) is 10.6 Å². The predicted octanol–water partition coefficient (Wildman–Crippen LogP) is 4.21. The number of amides is 3. The lowest BCUT2D eigenvalue weighted by molar-refractivity contribution is -0.147. The molecule has 0 radical (unpaired) electrons. The molecule has 3 amide bonds. The first-order valence-electron chi connectivity index (χ1n) is 14.6. The van der Waals surface area contributed by atoms with Crippen LogP contribution in [0.1, 0.15) is 34.1 Å². The molecule has 0 saturated carbocycles. The Morgan fingerprint density at radius 2 is 1.71 bits per heavy atom. The maximum atomic E-state index is 14.2. The summed E-state index contributed by atoms with van der Waals surface area (Å²) in [5.41, 5.74) is -0.991. The van der Waals surface area contributed by atoms with Gasteiger partial charge in [-0.05, 0) is 80.3 Å². The number of nitrogens with zero attached hydrogens (tertiary/aromatic N) is 1. The average molecular weight is 572 g/mol. The molecule has 1 spiro atoms. The van der Waals surface area contributed by atoms with Crippen molar-refractivity contribution in [2.45, 2.75) is 57.4 Å². The number of anilines is 2. The Morgan fingerprint density at radius 1 is 1.05 bits per heavy atom. The van der Waals surface area contributed by atoms with Crippen molar-refractivity contribution >= 4 is 39.9 Å². The fourth-order valence-corrected chi connectivity index (χ4v) is 7.44. The first kappa shape index (κ1) is 28.2. The van der Waals surface area contributed by atoms with Gasteiger partial charge in [0.2, 0.25) is 17.7 Å². The van der Waals surface area contributed by atoms with Crippen molar-refractivity contribution in [1.82, 2.24) is 4.90 Å². The van der Waals surface area contributed by atoms with Crippen LogP contribution in [0, 0.1) is 17.8 Å². The van der Waals surface area contributed by atoms with E-state index in [4.69, 9.17) is 9.47 Å². The third kappa shape index (κ3) is 4.25. The lowest BCUT2D eigenvalue weighted by Crippen LogP contribution is -2.56. The maximum absolute atomic E-state index is 14.2. The molecule has 7 atom stereocenters. The molecule has 2 bridgehead atoms. The van der Waals surface area contributed by atoms with Crippen molar-refractivity contribution in [2.75, 3.05) is 23.8 Å². The highest BCUT2D eigenvalue weighted by Gasteiger charge is 2.80. The van der Waals surface area contributed by atoms with Gasteiger partial charge in [0, 0.05) is 11.4 Å². The predicted molar refractivity (Wildman–Crippen MR) is 159 cm³/mol. The van der Waals surface area contributed by atoms with Crippen molar-refractivity contribution < 1.29 is 29.0 Å². The van der Waals surface area contributed by atoms with Crippen LogP contribution in [0.15, 0.2) is 66.7 Å². The first-order chi connectivity index (χ1) is 20.1. The van der Waals surface area contributed by atoms with Crippen LogP contribution in [-0.2, 0) is 19.1 Å². The summed E-state index contributed by atoms with van der Waals surface area (Å²) in [7, 11) is 0. The van der Waals surface area contributed by atoms with Crippen LogP contribution in [0.25, 0.3) is 10.8 Å². The summed E-state index contributed by atoms with van der Waals surface area (Å²) in [6.07, 6.45) is 0.442. The molecule has 3 saturated heterocycles. The van der Waals surface area contributed by atoms with E-state index in [0.717, 1.165) is 10.8 Å². The standard InChI is InChI=1S/C33H37N3O6/c1-5-41-25-14-12-23(13-15-25)34-29(38)26-27-31(40)36(20(3)18-37)28(33(27)17-19(2)32(26,4)42-33)30(39)35-24-11-10-21-8-6-7-9-22(21)16-24/h6-16,19-20,26-28,37H,5,17-18H2,1-4H3,(H,34,38)(H,35,39)/t19?,20-,26-,27+,28?,32+,33?/m1/s1. The fourth-order valence-electron chi connectivity index (χ4n) is 7.44. The molecule has 3 aromatic rings. The number of ether oxygens (including phenoxy) is 2. The van der Waals surface area contributed by atoms with Crippen molar-refractivity contribution in [3.8, 4) is 5.75 Å². The molecule has 3 aliphatic rings. The lowest BCUT2D eigenvalue weighted by atomic mass is 9.62. The van der Waals surface area contributed by atoms with Crippen LogP contribution in [0.2, 0.25) is 0 Å². The highest BCUT2D eigenvalue weighted by atomic mass is 16.5. The van der Waals surface area contributed by atoms with Gasteiger partial charge in [0.15, 0.2) is 0 Å². The Bertz CT molecular complexity index is 1540. The van der Waals surface area contributed by atoms with Crippen LogP contribution in [0.3, 0.4) is 0 Å². The van der Waals surface area contributed by atoms with E-state index in [0.29, 0.717) is 30.2 Å². The normalized spacial score (nSPS) is 30.3. The van der Waals surface area contributed by atoms with Crippen molar-refractivity contribution in [1.29, 1.82) is 0 Å². The summed E-state index contributed by atoms with van der Waals surface area (Å²) in [6, 6.07) is 18.9. The molecule has 220 valence electrons. The fraction of sp³-hybridized carbons (Fsp3) is 0.424. The topological polar surface area (TPSA) is 117 Å². The number of nitrogens with one attached hydrogen (secondary N) is 2. The number of hydrogen-bond donors (Lipinski definition) is 3. The number of hydrogen-bond acceptors (Lipinski definition) is 6. The minimum absolute atomic E-state index is 0.0991. The zero-order valence-electron chi connectivity index (χ0n) is 24.3. The number of fused-ring (bicyclic) bond motifs is 2. The Labute approximate surface area is 245 Å². The number of benzene rings is 3. The Morgan fingerprint density at radius 3 is 2.40 bits per heavy atom. The number of rotatable bonds is 8. The summed E-state index contributed by atoms with van der Waals surface area (Å²) >= 11 is 0. The Balaban J connectivity index is 1.34. The van der Waals surface area contributed by atoms with Crippen molar-refractivity contribution in [3.05, 3.63) is 66.7 Å². The molecular formula is C33H37N3O6. The number of carbonyl (C=O) groups is 3. The lowest BCUT2D eigenvalue weighted by Gasteiger charge is -2.36. The molecule has 0 aromatic heterocycles. The molecule has 3 aliphatic heterocycles. The first-order valence-corrected chi connectivity index (χ1v) is 14.6. The summed E-state index contributed by atoms with van der Waals surface area (Å²) < 4.78 is 12.3. The minimum Gasteiger partial charge on any atom is -0.494 e. The molecule has 3 unspecified atom stereocenters. The minimum atomic E-state index is -1.21. The average Bonchev–Trinajstić information content (AvgIpc) is 3.50. The van der Waals surface area contributed by atoms with E-state index in [1.807, 2.05) is 63.2 Å². The maximum Gasteiger partial charge on any atom is 0.250 e. The van der Waals surface area contributed by atoms with Crippen LogP contribution >= 0.6 is 0 Å². The number of carbonyl (C=O) groups excluding carboxylic acids is 3.